The van der Waals surface area contributed by atoms with Crippen LogP contribution in [0.15, 0.2) is 24.3 Å². The van der Waals surface area contributed by atoms with Crippen LogP contribution in [-0.4, -0.2) is 31.4 Å². The molecule has 0 unspecified atom stereocenters. The Hall–Kier alpha value is -1.06. The summed E-state index contributed by atoms with van der Waals surface area (Å²) < 4.78 is 0. The van der Waals surface area contributed by atoms with Gasteiger partial charge in [0, 0.05) is 18.0 Å². The normalized spacial score (nSPS) is 11.7. The number of rotatable bonds is 5. The van der Waals surface area contributed by atoms with E-state index in [1.165, 1.54) is 0 Å². The molecule has 1 aromatic carbocycles. The minimum atomic E-state index is -0.408. The van der Waals surface area contributed by atoms with Crippen LogP contribution in [0.1, 0.15) is 25.8 Å². The molecule has 0 aliphatic carbocycles. The lowest BCUT2D eigenvalue weighted by Crippen LogP contribution is -2.41. The molecule has 1 amide bonds. The van der Waals surface area contributed by atoms with Gasteiger partial charge in [0.05, 0.1) is 5.54 Å². The zero-order valence-corrected chi connectivity index (χ0v) is 12.2. The first kappa shape index (κ1) is 15.0. The van der Waals surface area contributed by atoms with E-state index in [0.29, 0.717) is 11.4 Å². The van der Waals surface area contributed by atoms with Crippen molar-refractivity contribution in [2.24, 2.45) is 0 Å². The number of halogens is 1. The molecule has 1 rings (SSSR count). The van der Waals surface area contributed by atoms with Gasteiger partial charge in [0.2, 0.25) is 5.91 Å². The fraction of sp³-hybridized carbons (Fsp3) is 0.500. The fourth-order valence-electron chi connectivity index (χ4n) is 1.69. The smallest absolute Gasteiger partial charge is 0.221 e. The maximum absolute atomic E-state index is 11.9. The monoisotopic (exact) mass is 268 g/mol. The minimum absolute atomic E-state index is 0.0497. The molecule has 0 aromatic heterocycles. The van der Waals surface area contributed by atoms with Crippen LogP contribution in [-0.2, 0) is 10.3 Å². The quantitative estimate of drug-likeness (QED) is 0.890. The number of benzene rings is 1. The van der Waals surface area contributed by atoms with E-state index in [1.807, 2.05) is 57.1 Å². The summed E-state index contributed by atoms with van der Waals surface area (Å²) in [6.45, 7) is 4.70. The summed E-state index contributed by atoms with van der Waals surface area (Å²) in [5, 5.41) is 3.71. The summed E-state index contributed by atoms with van der Waals surface area (Å²) in [4.78, 5) is 13.8. The molecule has 0 aliphatic rings. The maximum atomic E-state index is 11.9. The number of nitrogens with zero attached hydrogens (tertiary/aromatic N) is 1. The summed E-state index contributed by atoms with van der Waals surface area (Å²) in [5.41, 5.74) is 0.599. The van der Waals surface area contributed by atoms with Crippen LogP contribution in [0.5, 0.6) is 0 Å². The number of carbonyl (C=O) groups excluding carboxylic acids is 1. The molecular formula is C14H21ClN2O. The molecule has 0 radical (unpaired) electrons. The Balaban J connectivity index is 2.67. The van der Waals surface area contributed by atoms with Gasteiger partial charge < -0.3 is 10.2 Å². The SMILES string of the molecule is CN(C)CCC(=O)NC(C)(C)c1cccc(Cl)c1. The van der Waals surface area contributed by atoms with Crippen molar-refractivity contribution in [1.82, 2.24) is 10.2 Å². The number of nitrogens with one attached hydrogen (secondary N) is 1. The molecule has 1 N–H and O–H groups in total. The number of carbonyl (C=O) groups is 1. The first-order chi connectivity index (χ1) is 8.31. The molecule has 1 aromatic rings. The lowest BCUT2D eigenvalue weighted by Gasteiger charge is -2.27. The Labute approximate surface area is 114 Å². The van der Waals surface area contributed by atoms with Gasteiger partial charge in [-0.1, -0.05) is 23.7 Å². The van der Waals surface area contributed by atoms with Crippen molar-refractivity contribution in [3.63, 3.8) is 0 Å². The maximum Gasteiger partial charge on any atom is 0.221 e. The van der Waals surface area contributed by atoms with Crippen LogP contribution in [0.3, 0.4) is 0 Å². The molecule has 100 valence electrons. The molecule has 0 saturated heterocycles. The third-order valence-electron chi connectivity index (χ3n) is 2.78. The van der Waals surface area contributed by atoms with Crippen molar-refractivity contribution in [3.05, 3.63) is 34.9 Å². The predicted octanol–water partition coefficient (Wildman–Crippen LogP) is 2.64. The van der Waals surface area contributed by atoms with Gasteiger partial charge in [0.15, 0.2) is 0 Å². The lowest BCUT2D eigenvalue weighted by molar-refractivity contribution is -0.123. The predicted molar refractivity (Wildman–Crippen MR) is 75.8 cm³/mol. The highest BCUT2D eigenvalue weighted by molar-refractivity contribution is 6.30. The van der Waals surface area contributed by atoms with Crippen molar-refractivity contribution in [2.75, 3.05) is 20.6 Å². The van der Waals surface area contributed by atoms with Crippen LogP contribution < -0.4 is 5.32 Å². The lowest BCUT2D eigenvalue weighted by atomic mass is 9.94. The third kappa shape index (κ3) is 4.67. The molecule has 0 spiro atoms. The molecule has 0 bridgehead atoms. The Morgan fingerprint density at radius 1 is 1.39 bits per heavy atom. The molecule has 4 heteroatoms. The van der Waals surface area contributed by atoms with E-state index in [2.05, 4.69) is 5.32 Å². The van der Waals surface area contributed by atoms with E-state index < -0.39 is 5.54 Å². The summed E-state index contributed by atoms with van der Waals surface area (Å²) >= 11 is 5.97. The van der Waals surface area contributed by atoms with Crippen molar-refractivity contribution in [2.45, 2.75) is 25.8 Å². The van der Waals surface area contributed by atoms with Crippen LogP contribution in [0.25, 0.3) is 0 Å². The van der Waals surface area contributed by atoms with Gasteiger partial charge in [-0.15, -0.1) is 0 Å². The highest BCUT2D eigenvalue weighted by atomic mass is 35.5. The molecule has 0 atom stereocenters. The summed E-state index contributed by atoms with van der Waals surface area (Å²) in [6.07, 6.45) is 0.497. The van der Waals surface area contributed by atoms with Crippen LogP contribution in [0, 0.1) is 0 Å². The molecule has 18 heavy (non-hydrogen) atoms. The van der Waals surface area contributed by atoms with Crippen LogP contribution in [0.2, 0.25) is 5.02 Å². The second kappa shape index (κ2) is 6.21. The Bertz CT molecular complexity index is 416. The largest absolute Gasteiger partial charge is 0.347 e. The number of amides is 1. The Morgan fingerprint density at radius 3 is 2.61 bits per heavy atom. The van der Waals surface area contributed by atoms with Gasteiger partial charge in [-0.3, -0.25) is 4.79 Å². The Kier molecular flexibility index (Phi) is 5.17. The van der Waals surface area contributed by atoms with Crippen LogP contribution >= 0.6 is 11.6 Å². The van der Waals surface area contributed by atoms with E-state index in [9.17, 15) is 4.79 Å². The van der Waals surface area contributed by atoms with Gasteiger partial charge in [-0.2, -0.15) is 0 Å². The average Bonchev–Trinajstić information content (AvgIpc) is 2.26. The third-order valence-corrected chi connectivity index (χ3v) is 3.02. The standard InChI is InChI=1S/C14H21ClN2O/c1-14(2,11-6-5-7-12(15)10-11)16-13(18)8-9-17(3)4/h5-7,10H,8-9H2,1-4H3,(H,16,18). The average molecular weight is 269 g/mol. The second-order valence-corrected chi connectivity index (χ2v) is 5.67. The van der Waals surface area contributed by atoms with Crippen LogP contribution in [0.4, 0.5) is 0 Å². The molecular weight excluding hydrogens is 248 g/mol. The molecule has 0 aliphatic heterocycles. The first-order valence-electron chi connectivity index (χ1n) is 6.03. The molecule has 0 fully saturated rings. The zero-order chi connectivity index (χ0) is 13.8. The highest BCUT2D eigenvalue weighted by Crippen LogP contribution is 2.23. The molecule has 0 heterocycles. The minimum Gasteiger partial charge on any atom is -0.347 e. The van der Waals surface area contributed by atoms with E-state index in [1.54, 1.807) is 0 Å². The molecule has 0 saturated carbocycles. The topological polar surface area (TPSA) is 32.3 Å². The van der Waals surface area contributed by atoms with E-state index >= 15 is 0 Å². The summed E-state index contributed by atoms with van der Waals surface area (Å²) in [5.74, 6) is 0.0497. The van der Waals surface area contributed by atoms with E-state index in [0.717, 1.165) is 12.1 Å². The zero-order valence-electron chi connectivity index (χ0n) is 11.5. The van der Waals surface area contributed by atoms with Gasteiger partial charge >= 0.3 is 0 Å². The van der Waals surface area contributed by atoms with Gasteiger partial charge in [-0.05, 0) is 45.6 Å². The van der Waals surface area contributed by atoms with E-state index in [-0.39, 0.29) is 5.91 Å². The van der Waals surface area contributed by atoms with Gasteiger partial charge in [0.1, 0.15) is 0 Å². The number of hydrogen-bond acceptors (Lipinski definition) is 2. The van der Waals surface area contributed by atoms with Crippen molar-refractivity contribution >= 4 is 17.5 Å². The highest BCUT2D eigenvalue weighted by Gasteiger charge is 2.22. The van der Waals surface area contributed by atoms with Crippen molar-refractivity contribution in [1.29, 1.82) is 0 Å². The fourth-order valence-corrected chi connectivity index (χ4v) is 1.88. The molecule has 3 nitrogen and oxygen atoms in total. The van der Waals surface area contributed by atoms with Gasteiger partial charge in [0.25, 0.3) is 0 Å². The second-order valence-electron chi connectivity index (χ2n) is 5.24. The first-order valence-corrected chi connectivity index (χ1v) is 6.41. The van der Waals surface area contributed by atoms with Crippen molar-refractivity contribution in [3.8, 4) is 0 Å². The number of hydrogen-bond donors (Lipinski definition) is 1. The Morgan fingerprint density at radius 2 is 2.06 bits per heavy atom. The van der Waals surface area contributed by atoms with E-state index in [4.69, 9.17) is 11.6 Å². The summed E-state index contributed by atoms with van der Waals surface area (Å²) in [7, 11) is 3.91. The summed E-state index contributed by atoms with van der Waals surface area (Å²) in [6, 6.07) is 7.58. The van der Waals surface area contributed by atoms with Crippen molar-refractivity contribution < 1.29 is 4.79 Å². The van der Waals surface area contributed by atoms with Gasteiger partial charge in [-0.25, -0.2) is 0 Å².